The molecule has 1 fully saturated rings. The van der Waals surface area contributed by atoms with Crippen LogP contribution in [0.5, 0.6) is 0 Å². The Balaban J connectivity index is 2.06. The maximum absolute atomic E-state index is 13.1. The van der Waals surface area contributed by atoms with Crippen LogP contribution in [0.1, 0.15) is 36.5 Å². The molecule has 0 bridgehead atoms. The molecule has 27 heavy (non-hydrogen) atoms. The highest BCUT2D eigenvalue weighted by atomic mass is 16.5. The third kappa shape index (κ3) is 2.85. The minimum absolute atomic E-state index is 0.124. The van der Waals surface area contributed by atoms with Crippen LogP contribution < -0.4 is 4.90 Å². The maximum atomic E-state index is 13.1. The second-order valence-electron chi connectivity index (χ2n) is 6.88. The number of para-hydroxylation sites is 1. The molecular weight excluding hydrogens is 350 g/mol. The van der Waals surface area contributed by atoms with Crippen molar-refractivity contribution in [1.29, 1.82) is 0 Å². The lowest BCUT2D eigenvalue weighted by molar-refractivity contribution is -0.161. The van der Waals surface area contributed by atoms with Crippen LogP contribution in [0, 0.1) is 0 Å². The molecular formula is C19H23N3O5. The SMILES string of the molecule is CCCN1C(=O)c2ccccc2N2C(=O)CC[C@]12C(=O)OCC(=O)N(C)C. The van der Waals surface area contributed by atoms with E-state index in [-0.39, 0.29) is 30.6 Å². The van der Waals surface area contributed by atoms with Gasteiger partial charge in [0, 0.05) is 33.5 Å². The molecule has 0 aliphatic carbocycles. The Morgan fingerprint density at radius 2 is 1.93 bits per heavy atom. The number of benzene rings is 1. The van der Waals surface area contributed by atoms with Crippen LogP contribution in [0.25, 0.3) is 0 Å². The van der Waals surface area contributed by atoms with E-state index in [1.807, 2.05) is 6.92 Å². The number of esters is 1. The van der Waals surface area contributed by atoms with Crippen LogP contribution in [0.15, 0.2) is 24.3 Å². The smallest absolute Gasteiger partial charge is 0.354 e. The van der Waals surface area contributed by atoms with Crippen LogP contribution in [0.3, 0.4) is 0 Å². The lowest BCUT2D eigenvalue weighted by atomic mass is 9.96. The number of carbonyl (C=O) groups excluding carboxylic acids is 4. The molecule has 2 aliphatic heterocycles. The fraction of sp³-hybridized carbons (Fsp3) is 0.474. The number of fused-ring (bicyclic) bond motifs is 3. The molecule has 0 saturated carbocycles. The second-order valence-corrected chi connectivity index (χ2v) is 6.88. The highest BCUT2D eigenvalue weighted by Gasteiger charge is 2.61. The number of carbonyl (C=O) groups is 4. The van der Waals surface area contributed by atoms with Crippen molar-refractivity contribution in [2.75, 3.05) is 32.1 Å². The Hall–Kier alpha value is -2.90. The molecule has 2 heterocycles. The number of nitrogens with zero attached hydrogens (tertiary/aromatic N) is 3. The first-order valence-corrected chi connectivity index (χ1v) is 8.96. The van der Waals surface area contributed by atoms with Gasteiger partial charge in [-0.25, -0.2) is 4.79 Å². The van der Waals surface area contributed by atoms with Gasteiger partial charge >= 0.3 is 5.97 Å². The van der Waals surface area contributed by atoms with Crippen molar-refractivity contribution < 1.29 is 23.9 Å². The van der Waals surface area contributed by atoms with Gasteiger partial charge in [-0.05, 0) is 18.6 Å². The number of anilines is 1. The van der Waals surface area contributed by atoms with E-state index in [0.29, 0.717) is 24.2 Å². The first kappa shape index (κ1) is 18.9. The van der Waals surface area contributed by atoms with Crippen molar-refractivity contribution in [3.63, 3.8) is 0 Å². The minimum atomic E-state index is -1.54. The van der Waals surface area contributed by atoms with Crippen molar-refractivity contribution in [2.24, 2.45) is 0 Å². The molecule has 0 unspecified atom stereocenters. The number of amides is 3. The zero-order valence-corrected chi connectivity index (χ0v) is 15.7. The van der Waals surface area contributed by atoms with E-state index in [2.05, 4.69) is 0 Å². The van der Waals surface area contributed by atoms with Crippen molar-refractivity contribution in [2.45, 2.75) is 31.8 Å². The maximum Gasteiger partial charge on any atom is 0.354 e. The van der Waals surface area contributed by atoms with Gasteiger partial charge in [0.15, 0.2) is 6.61 Å². The fourth-order valence-corrected chi connectivity index (χ4v) is 3.65. The van der Waals surface area contributed by atoms with Gasteiger partial charge in [-0.2, -0.15) is 0 Å². The van der Waals surface area contributed by atoms with Gasteiger partial charge in [-0.15, -0.1) is 0 Å². The van der Waals surface area contributed by atoms with Gasteiger partial charge in [-0.1, -0.05) is 19.1 Å². The number of likely N-dealkylation sites (N-methyl/N-ethyl adjacent to an activating group) is 1. The average Bonchev–Trinajstić information content (AvgIpc) is 3.01. The molecule has 2 aliphatic rings. The predicted octanol–water partition coefficient (Wildman–Crippen LogP) is 1.01. The van der Waals surface area contributed by atoms with Gasteiger partial charge in [0.1, 0.15) is 0 Å². The summed E-state index contributed by atoms with van der Waals surface area (Å²) < 4.78 is 5.28. The monoisotopic (exact) mass is 373 g/mol. The molecule has 1 atom stereocenters. The van der Waals surface area contributed by atoms with Gasteiger partial charge in [0.2, 0.25) is 11.6 Å². The summed E-state index contributed by atoms with van der Waals surface area (Å²) in [6.45, 7) is 1.75. The molecule has 0 N–H and O–H groups in total. The molecule has 0 aromatic heterocycles. The summed E-state index contributed by atoms with van der Waals surface area (Å²) in [7, 11) is 3.12. The Morgan fingerprint density at radius 1 is 1.22 bits per heavy atom. The van der Waals surface area contributed by atoms with Crippen LogP contribution in [0.4, 0.5) is 5.69 Å². The molecule has 1 aromatic carbocycles. The highest BCUT2D eigenvalue weighted by molar-refractivity contribution is 6.15. The van der Waals surface area contributed by atoms with E-state index in [4.69, 9.17) is 4.74 Å². The summed E-state index contributed by atoms with van der Waals surface area (Å²) in [5.74, 6) is -1.68. The predicted molar refractivity (Wildman–Crippen MR) is 96.9 cm³/mol. The molecule has 8 heteroatoms. The molecule has 1 aromatic rings. The quantitative estimate of drug-likeness (QED) is 0.719. The van der Waals surface area contributed by atoms with E-state index in [9.17, 15) is 19.2 Å². The van der Waals surface area contributed by atoms with E-state index < -0.39 is 18.2 Å². The number of rotatable bonds is 5. The van der Waals surface area contributed by atoms with Crippen LogP contribution >= 0.6 is 0 Å². The molecule has 1 saturated heterocycles. The minimum Gasteiger partial charge on any atom is -0.452 e. The molecule has 0 spiro atoms. The van der Waals surface area contributed by atoms with Gasteiger partial charge < -0.3 is 14.5 Å². The fourth-order valence-electron chi connectivity index (χ4n) is 3.65. The van der Waals surface area contributed by atoms with Crippen molar-refractivity contribution in [3.8, 4) is 0 Å². The number of hydrogen-bond donors (Lipinski definition) is 0. The van der Waals surface area contributed by atoms with Crippen LogP contribution in [-0.4, -0.2) is 66.4 Å². The molecule has 144 valence electrons. The van der Waals surface area contributed by atoms with Crippen molar-refractivity contribution in [1.82, 2.24) is 9.80 Å². The summed E-state index contributed by atoms with van der Waals surface area (Å²) >= 11 is 0. The summed E-state index contributed by atoms with van der Waals surface area (Å²) in [6.07, 6.45) is 0.876. The third-order valence-corrected chi connectivity index (χ3v) is 4.97. The zero-order chi connectivity index (χ0) is 19.8. The lowest BCUT2D eigenvalue weighted by Crippen LogP contribution is -2.68. The van der Waals surface area contributed by atoms with Gasteiger partial charge in [0.05, 0.1) is 11.3 Å². The van der Waals surface area contributed by atoms with Crippen molar-refractivity contribution in [3.05, 3.63) is 29.8 Å². The zero-order valence-electron chi connectivity index (χ0n) is 15.7. The second kappa shape index (κ2) is 7.02. The molecule has 0 radical (unpaired) electrons. The number of ether oxygens (including phenoxy) is 1. The first-order chi connectivity index (χ1) is 12.8. The van der Waals surface area contributed by atoms with E-state index >= 15 is 0 Å². The summed E-state index contributed by atoms with van der Waals surface area (Å²) in [5, 5.41) is 0. The Morgan fingerprint density at radius 3 is 2.59 bits per heavy atom. The Kier molecular flexibility index (Phi) is 4.91. The summed E-state index contributed by atoms with van der Waals surface area (Å²) in [6, 6.07) is 6.75. The normalized spacial score (nSPS) is 21.0. The number of hydrogen-bond acceptors (Lipinski definition) is 5. The van der Waals surface area contributed by atoms with Crippen LogP contribution in [-0.2, 0) is 19.1 Å². The van der Waals surface area contributed by atoms with Crippen molar-refractivity contribution >= 4 is 29.4 Å². The summed E-state index contributed by atoms with van der Waals surface area (Å²) in [4.78, 5) is 54.9. The van der Waals surface area contributed by atoms with Crippen LogP contribution in [0.2, 0.25) is 0 Å². The highest BCUT2D eigenvalue weighted by Crippen LogP contribution is 2.45. The van der Waals surface area contributed by atoms with E-state index in [0.717, 1.165) is 0 Å². The van der Waals surface area contributed by atoms with E-state index in [1.165, 1.54) is 14.7 Å². The first-order valence-electron chi connectivity index (χ1n) is 8.96. The standard InChI is InChI=1S/C19H23N3O5/c1-4-11-21-17(25)13-7-5-6-8-14(13)22-15(23)9-10-19(21,22)18(26)27-12-16(24)20(2)3/h5-8H,4,9-12H2,1-3H3/t19-/m0/s1. The van der Waals surface area contributed by atoms with E-state index in [1.54, 1.807) is 38.4 Å². The topological polar surface area (TPSA) is 87.2 Å². The molecule has 3 amide bonds. The lowest BCUT2D eigenvalue weighted by Gasteiger charge is -2.48. The van der Waals surface area contributed by atoms with Gasteiger partial charge in [0.25, 0.3) is 11.8 Å². The Bertz CT molecular complexity index is 806. The Labute approximate surface area is 157 Å². The molecule has 3 rings (SSSR count). The summed E-state index contributed by atoms with van der Waals surface area (Å²) in [5.41, 5.74) is -0.743. The largest absolute Gasteiger partial charge is 0.452 e. The average molecular weight is 373 g/mol. The molecule has 8 nitrogen and oxygen atoms in total. The van der Waals surface area contributed by atoms with Gasteiger partial charge in [-0.3, -0.25) is 19.3 Å². The third-order valence-electron chi connectivity index (χ3n) is 4.97.